The summed E-state index contributed by atoms with van der Waals surface area (Å²) in [6.45, 7) is 0.128. The first-order valence-electron chi connectivity index (χ1n) is 10.6. The van der Waals surface area contributed by atoms with Crippen molar-refractivity contribution >= 4 is 40.9 Å². The Morgan fingerprint density at radius 3 is 2.60 bits per heavy atom. The lowest BCUT2D eigenvalue weighted by atomic mass is 10.2. The van der Waals surface area contributed by atoms with E-state index in [4.69, 9.17) is 32.7 Å². The predicted octanol–water partition coefficient (Wildman–Crippen LogP) is 5.81. The Labute approximate surface area is 217 Å². The average molecular weight is 529 g/mol. The van der Waals surface area contributed by atoms with E-state index in [0.717, 1.165) is 11.3 Å². The highest BCUT2D eigenvalue weighted by Crippen LogP contribution is 2.31. The van der Waals surface area contributed by atoms with Crippen LogP contribution in [0, 0.1) is 0 Å². The maximum absolute atomic E-state index is 12.8. The molecule has 4 rings (SSSR count). The number of amides is 1. The summed E-state index contributed by atoms with van der Waals surface area (Å²) in [6.07, 6.45) is 0. The van der Waals surface area contributed by atoms with Gasteiger partial charge in [0.2, 0.25) is 0 Å². The van der Waals surface area contributed by atoms with Crippen LogP contribution in [0.25, 0.3) is 5.69 Å². The minimum Gasteiger partial charge on any atom is -0.497 e. The van der Waals surface area contributed by atoms with Gasteiger partial charge in [0.05, 0.1) is 37.0 Å². The minimum absolute atomic E-state index is 0.128. The van der Waals surface area contributed by atoms with E-state index >= 15 is 0 Å². The lowest BCUT2D eigenvalue weighted by Gasteiger charge is -2.13. The first kappa shape index (κ1) is 24.9. The summed E-state index contributed by atoms with van der Waals surface area (Å²) in [4.78, 5) is 12.8. The number of halogens is 2. The van der Waals surface area contributed by atoms with Gasteiger partial charge in [-0.1, -0.05) is 59.2 Å². The van der Waals surface area contributed by atoms with Gasteiger partial charge in [-0.05, 0) is 48.0 Å². The monoisotopic (exact) mass is 528 g/mol. The summed E-state index contributed by atoms with van der Waals surface area (Å²) in [5.41, 5.74) is 2.16. The Morgan fingerprint density at radius 1 is 1.00 bits per heavy atom. The van der Waals surface area contributed by atoms with Gasteiger partial charge in [0.25, 0.3) is 5.91 Å². The SMILES string of the molecule is COc1cccc(CSc2nnc(CNC(=O)c3ccccc3OC)n2-c2ccc(Cl)cc2Cl)c1. The molecule has 0 atom stereocenters. The number of thioether (sulfide) groups is 1. The summed E-state index contributed by atoms with van der Waals surface area (Å²) < 4.78 is 12.4. The van der Waals surface area contributed by atoms with Crippen LogP contribution in [0.4, 0.5) is 0 Å². The van der Waals surface area contributed by atoms with Gasteiger partial charge >= 0.3 is 0 Å². The van der Waals surface area contributed by atoms with Crippen molar-refractivity contribution in [3.63, 3.8) is 0 Å². The Hall–Kier alpha value is -3.20. The van der Waals surface area contributed by atoms with Crippen molar-refractivity contribution in [3.05, 3.63) is 93.7 Å². The number of hydrogen-bond acceptors (Lipinski definition) is 6. The second-order valence-electron chi connectivity index (χ2n) is 7.35. The van der Waals surface area contributed by atoms with E-state index in [2.05, 4.69) is 15.5 Å². The lowest BCUT2D eigenvalue weighted by molar-refractivity contribution is 0.0946. The van der Waals surface area contributed by atoms with Crippen LogP contribution in [-0.2, 0) is 12.3 Å². The highest BCUT2D eigenvalue weighted by molar-refractivity contribution is 7.98. The second-order valence-corrected chi connectivity index (χ2v) is 9.14. The van der Waals surface area contributed by atoms with Crippen LogP contribution in [0.5, 0.6) is 11.5 Å². The Bertz CT molecular complexity index is 1350. The zero-order valence-electron chi connectivity index (χ0n) is 19.0. The van der Waals surface area contributed by atoms with Crippen molar-refractivity contribution in [2.75, 3.05) is 14.2 Å². The number of para-hydroxylation sites is 1. The first-order chi connectivity index (χ1) is 17.0. The molecule has 1 aromatic heterocycles. The number of hydrogen-bond donors (Lipinski definition) is 1. The Balaban J connectivity index is 1.61. The normalized spacial score (nSPS) is 10.7. The van der Waals surface area contributed by atoms with E-state index < -0.39 is 0 Å². The largest absolute Gasteiger partial charge is 0.497 e. The third-order valence-electron chi connectivity index (χ3n) is 5.11. The number of nitrogens with zero attached hydrogens (tertiary/aromatic N) is 3. The molecule has 0 bridgehead atoms. The van der Waals surface area contributed by atoms with Gasteiger partial charge in [-0.3, -0.25) is 9.36 Å². The number of methoxy groups -OCH3 is 2. The third kappa shape index (κ3) is 5.90. The summed E-state index contributed by atoms with van der Waals surface area (Å²) in [7, 11) is 3.16. The molecular formula is C25H22Cl2N4O3S. The van der Waals surface area contributed by atoms with Crippen molar-refractivity contribution in [1.29, 1.82) is 0 Å². The minimum atomic E-state index is -0.287. The zero-order chi connectivity index (χ0) is 24.8. The quantitative estimate of drug-likeness (QED) is 0.276. The molecule has 0 aliphatic rings. The summed E-state index contributed by atoms with van der Waals surface area (Å²) >= 11 is 14.1. The molecule has 7 nitrogen and oxygen atoms in total. The molecule has 35 heavy (non-hydrogen) atoms. The van der Waals surface area contributed by atoms with Crippen molar-refractivity contribution in [2.24, 2.45) is 0 Å². The van der Waals surface area contributed by atoms with Crippen LogP contribution in [0.3, 0.4) is 0 Å². The smallest absolute Gasteiger partial charge is 0.255 e. The molecule has 0 aliphatic carbocycles. The molecule has 0 fully saturated rings. The summed E-state index contributed by atoms with van der Waals surface area (Å²) in [5, 5.41) is 13.2. The molecule has 0 unspecified atom stereocenters. The van der Waals surface area contributed by atoms with Gasteiger partial charge in [0.1, 0.15) is 11.5 Å². The van der Waals surface area contributed by atoms with Gasteiger partial charge in [-0.15, -0.1) is 10.2 Å². The van der Waals surface area contributed by atoms with Gasteiger partial charge in [-0.25, -0.2) is 0 Å². The van der Waals surface area contributed by atoms with Crippen LogP contribution in [0.2, 0.25) is 10.0 Å². The molecule has 10 heteroatoms. The fraction of sp³-hybridized carbons (Fsp3) is 0.160. The molecule has 1 heterocycles. The van der Waals surface area contributed by atoms with Gasteiger partial charge in [0, 0.05) is 10.8 Å². The molecule has 1 amide bonds. The fourth-order valence-electron chi connectivity index (χ4n) is 3.41. The summed E-state index contributed by atoms with van der Waals surface area (Å²) in [6, 6.07) is 20.0. The number of rotatable bonds is 9. The molecule has 0 radical (unpaired) electrons. The van der Waals surface area contributed by atoms with E-state index in [1.54, 1.807) is 49.6 Å². The molecule has 180 valence electrons. The molecule has 0 saturated carbocycles. The van der Waals surface area contributed by atoms with E-state index in [9.17, 15) is 4.79 Å². The molecule has 3 aromatic carbocycles. The van der Waals surface area contributed by atoms with Gasteiger partial charge in [-0.2, -0.15) is 0 Å². The van der Waals surface area contributed by atoms with E-state index in [-0.39, 0.29) is 12.5 Å². The first-order valence-corrected chi connectivity index (χ1v) is 12.3. The lowest BCUT2D eigenvalue weighted by Crippen LogP contribution is -2.25. The Kier molecular flexibility index (Phi) is 8.17. The molecular weight excluding hydrogens is 507 g/mol. The van der Waals surface area contributed by atoms with E-state index in [1.807, 2.05) is 28.8 Å². The number of carbonyl (C=O) groups excluding carboxylic acids is 1. The van der Waals surface area contributed by atoms with Crippen molar-refractivity contribution < 1.29 is 14.3 Å². The summed E-state index contributed by atoms with van der Waals surface area (Å²) in [5.74, 6) is 2.14. The number of aromatic nitrogens is 3. The fourth-order valence-corrected chi connectivity index (χ4v) is 4.81. The second kappa shape index (κ2) is 11.5. The third-order valence-corrected chi connectivity index (χ3v) is 6.65. The topological polar surface area (TPSA) is 78.3 Å². The van der Waals surface area contributed by atoms with Crippen LogP contribution < -0.4 is 14.8 Å². The zero-order valence-corrected chi connectivity index (χ0v) is 21.3. The van der Waals surface area contributed by atoms with Crippen LogP contribution in [0.15, 0.2) is 71.9 Å². The Morgan fingerprint density at radius 2 is 1.83 bits per heavy atom. The standard InChI is InChI=1S/C25H22Cl2N4O3S/c1-33-18-7-5-6-16(12-18)15-35-25-30-29-23(31(25)21-11-10-17(26)13-20(21)27)14-28-24(32)19-8-3-4-9-22(19)34-2/h3-13H,14-15H2,1-2H3,(H,28,32). The molecule has 1 N–H and O–H groups in total. The maximum Gasteiger partial charge on any atom is 0.255 e. The van der Waals surface area contributed by atoms with Crippen LogP contribution in [0.1, 0.15) is 21.7 Å². The van der Waals surface area contributed by atoms with Crippen molar-refractivity contribution in [1.82, 2.24) is 20.1 Å². The van der Waals surface area contributed by atoms with Gasteiger partial charge in [0.15, 0.2) is 11.0 Å². The van der Waals surface area contributed by atoms with E-state index in [1.165, 1.54) is 18.9 Å². The molecule has 0 aliphatic heterocycles. The van der Waals surface area contributed by atoms with Gasteiger partial charge < -0.3 is 14.8 Å². The molecule has 0 spiro atoms. The van der Waals surface area contributed by atoms with Crippen molar-refractivity contribution in [2.45, 2.75) is 17.5 Å². The number of carbonyl (C=O) groups is 1. The number of nitrogens with one attached hydrogen (secondary N) is 1. The number of benzene rings is 3. The molecule has 0 saturated heterocycles. The maximum atomic E-state index is 12.8. The number of ether oxygens (including phenoxy) is 2. The molecule has 4 aromatic rings. The highest BCUT2D eigenvalue weighted by atomic mass is 35.5. The highest BCUT2D eigenvalue weighted by Gasteiger charge is 2.19. The predicted molar refractivity (Wildman–Crippen MR) is 138 cm³/mol. The van der Waals surface area contributed by atoms with Crippen molar-refractivity contribution in [3.8, 4) is 17.2 Å². The average Bonchev–Trinajstić information content (AvgIpc) is 3.28. The van der Waals surface area contributed by atoms with Crippen LogP contribution >= 0.6 is 35.0 Å². The van der Waals surface area contributed by atoms with E-state index in [0.29, 0.717) is 43.8 Å². The van der Waals surface area contributed by atoms with Crippen LogP contribution in [-0.4, -0.2) is 34.9 Å².